The Kier molecular flexibility index (Phi) is 47.1. The molecule has 4 aliphatic rings. The number of benzene rings is 3. The summed E-state index contributed by atoms with van der Waals surface area (Å²) < 4.78 is 51.5. The number of imide groups is 2. The number of amides is 4. The maximum absolute atomic E-state index is 13.2. The van der Waals surface area contributed by atoms with Crippen molar-refractivity contribution in [2.75, 3.05) is 71.8 Å². The Morgan fingerprint density at radius 1 is 0.624 bits per heavy atom. The summed E-state index contributed by atoms with van der Waals surface area (Å²) in [5, 5.41) is 22.8. The number of rotatable bonds is 23. The second-order valence-corrected chi connectivity index (χ2v) is 55.3. The Hall–Kier alpha value is -4.62. The summed E-state index contributed by atoms with van der Waals surface area (Å²) in [6, 6.07) is 17.6. The van der Waals surface area contributed by atoms with Crippen molar-refractivity contribution in [1.82, 2.24) is 25.4 Å². The van der Waals surface area contributed by atoms with E-state index in [4.69, 9.17) is 67.3 Å². The summed E-state index contributed by atoms with van der Waals surface area (Å²) in [6.07, 6.45) is 6.33. The van der Waals surface area contributed by atoms with Crippen molar-refractivity contribution in [2.24, 2.45) is 11.8 Å². The number of aliphatic hydroxyl groups is 1. The maximum atomic E-state index is 13.2. The molecule has 4 aromatic rings. The number of thiocarbonyl (C=S) groups is 1. The minimum atomic E-state index is -2.04. The average molecular weight is 1870 g/mol. The van der Waals surface area contributed by atoms with Gasteiger partial charge in [-0.2, -0.15) is 0 Å². The molecule has 26 nitrogen and oxygen atoms in total. The van der Waals surface area contributed by atoms with Gasteiger partial charge in [-0.15, -0.1) is 10.1 Å². The number of hydroxylamine groups is 4. The number of ether oxygens (including phenoxy) is 1. The zero-order chi connectivity index (χ0) is 82.8. The third-order valence-corrected chi connectivity index (χ3v) is 42.3. The fourth-order valence-corrected chi connectivity index (χ4v) is 15.4. The number of aryl methyl sites for hydroxylation is 1. The summed E-state index contributed by atoms with van der Waals surface area (Å²) in [7, 11) is -6.42. The number of halogens is 2. The van der Waals surface area contributed by atoms with Gasteiger partial charge in [0.2, 0.25) is 5.95 Å². The summed E-state index contributed by atoms with van der Waals surface area (Å²) in [6.45, 7) is 55.4. The molecular weight excluding hydrogens is 1740 g/mol. The number of nitrogens with zero attached hydrogens (tertiary/aromatic N) is 4. The Morgan fingerprint density at radius 2 is 0.991 bits per heavy atom. The number of carbonyl (C=O) groups excluding carboxylic acids is 6. The molecule has 0 aliphatic carbocycles. The van der Waals surface area contributed by atoms with E-state index in [1.165, 1.54) is 51.0 Å². The van der Waals surface area contributed by atoms with Gasteiger partial charge in [-0.1, -0.05) is 149 Å². The summed E-state index contributed by atoms with van der Waals surface area (Å²) in [5.74, 6) is 6.97. The predicted molar refractivity (Wildman–Crippen MR) is 437 cm³/mol. The normalized spacial score (nSPS) is 14.6. The third kappa shape index (κ3) is 36.6. The van der Waals surface area contributed by atoms with Gasteiger partial charge in [0, 0.05) is 57.1 Å². The van der Waals surface area contributed by atoms with Crippen molar-refractivity contribution in [3.8, 4) is 0 Å². The molecule has 34 heteroatoms. The van der Waals surface area contributed by atoms with E-state index in [0.29, 0.717) is 59.9 Å². The van der Waals surface area contributed by atoms with Gasteiger partial charge in [0.1, 0.15) is 10.8 Å². The Balaban J connectivity index is 0.00000126. The molecule has 0 radical (unpaired) electrons. The number of carbonyl (C=O) groups is 6. The van der Waals surface area contributed by atoms with Crippen molar-refractivity contribution < 1.29 is 111 Å². The molecule has 614 valence electrons. The molecule has 0 saturated carbocycles. The maximum Gasteiger partial charge on any atom is 0.285 e. The van der Waals surface area contributed by atoms with Crippen LogP contribution in [0.1, 0.15) is 213 Å². The van der Waals surface area contributed by atoms with Crippen molar-refractivity contribution in [1.29, 1.82) is 0 Å². The molecule has 4 amide bonds. The molecule has 1 atom stereocenters. The Morgan fingerprint density at radius 3 is 1.32 bits per heavy atom. The van der Waals surface area contributed by atoms with Crippen LogP contribution in [-0.4, -0.2) is 170 Å². The fourth-order valence-electron chi connectivity index (χ4n) is 8.45. The van der Waals surface area contributed by atoms with E-state index in [1.807, 2.05) is 6.92 Å². The van der Waals surface area contributed by atoms with Crippen LogP contribution in [0.25, 0.3) is 0 Å². The van der Waals surface area contributed by atoms with Crippen molar-refractivity contribution in [3.63, 3.8) is 0 Å². The Bertz CT molecular complexity index is 3380. The first-order valence-corrected chi connectivity index (χ1v) is 53.5. The number of aliphatic hydroxyl groups excluding tert-OH is 1. The molecule has 0 spiro atoms. The zero-order valence-corrected chi connectivity index (χ0v) is 80.2. The standard InChI is InChI=1S/C17H25NO4Si.C14H12BrFN4S.2C9H23NO2Si.C9H22O2Si.C8H5NO3.C4H8O.2C2H4O2.CH4.Hg/c1-17(2,3)23(4,5)22-12-8-11-21-18-15(19)13-9-6-7-10-14(13)16(18)20;1-6-12-11(20-14(17)18-6)5-10(19-13(12)21)8-3-2-7(16)4-9(8)15;2*1-9(2,3)13(4,5)12-8-6-7-11-10;1-9(2,3)12(4,5)11-8-6-7-10;10-7-5-3-1-2-4-6(5)8(11)9(7)12;1-2-4-5-3-1;2*1-2(3)4;;/h6-7,9-10H,8,11-12H2,1-5H3;2-4,10H,5H2,1H3,(H,19,21)(H2,17,18,20);2*6-8,10H2,1-5H3;10H,6-8H2,1-5H3;1-4,12H;1-4H2;2*1H3,(H,3,4);1H4;/q;;;;;;;;;;+2/p-2/t;10-;;;;;;;;;/m.1........./s1. The van der Waals surface area contributed by atoms with Crippen LogP contribution in [0.15, 0.2) is 71.2 Å². The molecule has 109 heavy (non-hydrogen) atoms. The van der Waals surface area contributed by atoms with Gasteiger partial charge in [-0.3, -0.25) is 29.2 Å². The van der Waals surface area contributed by atoms with E-state index in [2.05, 4.69) is 182 Å². The summed E-state index contributed by atoms with van der Waals surface area (Å²) in [4.78, 5) is 89.9. The van der Waals surface area contributed by atoms with Gasteiger partial charge < -0.3 is 48.3 Å². The first-order chi connectivity index (χ1) is 49.9. The van der Waals surface area contributed by atoms with Crippen LogP contribution >= 0.6 is 28.1 Å². The van der Waals surface area contributed by atoms with Crippen LogP contribution in [0, 0.1) is 12.7 Å². The van der Waals surface area contributed by atoms with Gasteiger partial charge in [-0.25, -0.2) is 26.2 Å². The van der Waals surface area contributed by atoms with E-state index in [0.717, 1.165) is 73.3 Å². The second kappa shape index (κ2) is 49.2. The minimum absolute atomic E-state index is 0. The quantitative estimate of drug-likeness (QED) is 0.0100. The van der Waals surface area contributed by atoms with E-state index in [-0.39, 0.29) is 86.7 Å². The molecule has 8 rings (SSSR count). The van der Waals surface area contributed by atoms with E-state index >= 15 is 0 Å². The molecule has 0 unspecified atom stereocenters. The van der Waals surface area contributed by atoms with Crippen LogP contribution in [-0.2, 0) is 83.7 Å². The summed E-state index contributed by atoms with van der Waals surface area (Å²) >= 11 is 6.77. The largest absolute Gasteiger partial charge is 0.417 e. The third-order valence-electron chi connectivity index (χ3n) is 19.0. The second-order valence-electron chi connectivity index (χ2n) is 31.7. The van der Waals surface area contributed by atoms with E-state index in [1.54, 1.807) is 42.5 Å². The van der Waals surface area contributed by atoms with Crippen molar-refractivity contribution in [3.05, 3.63) is 122 Å². The monoisotopic (exact) mass is 1870 g/mol. The number of fused-ring (bicyclic) bond motifs is 3. The molecule has 3 aromatic carbocycles. The molecular formula is C75H128BrFHgN8O18SSi4. The number of nitrogen functional groups attached to an aromatic ring is 1. The molecule has 4 aliphatic heterocycles. The number of hydrogen-bond donors (Lipinski definition) is 6. The number of aromatic nitrogens is 2. The van der Waals surface area contributed by atoms with Gasteiger partial charge in [0.05, 0.1) is 65.1 Å². The van der Waals surface area contributed by atoms with Gasteiger partial charge in [-0.05, 0) is 160 Å². The zero-order valence-electron chi connectivity index (χ0n) is 68.3. The van der Waals surface area contributed by atoms with E-state index < -0.39 is 82.4 Å². The van der Waals surface area contributed by atoms with Crippen LogP contribution < -0.4 is 22.8 Å². The van der Waals surface area contributed by atoms with Crippen LogP contribution in [0.2, 0.25) is 72.5 Å². The molecule has 1 saturated heterocycles. The number of nitrogens with two attached hydrogens (primary N) is 3. The Labute approximate surface area is 679 Å². The van der Waals surface area contributed by atoms with Gasteiger partial charge in [0.15, 0.2) is 33.3 Å². The predicted octanol–water partition coefficient (Wildman–Crippen LogP) is 15.6. The molecule has 9 N–H and O–H groups in total. The minimum Gasteiger partial charge on any atom is -0.417 e. The molecule has 1 fully saturated rings. The van der Waals surface area contributed by atoms with Crippen LogP contribution in [0.5, 0.6) is 0 Å². The fraction of sp³-hybridized carbons (Fsp3) is 0.613. The summed E-state index contributed by atoms with van der Waals surface area (Å²) in [5.41, 5.74) is 10.4. The first-order valence-electron chi connectivity index (χ1n) is 36.2. The molecule has 1 aromatic heterocycles. The molecule has 5 heterocycles. The smallest absolute Gasteiger partial charge is 0.285 e. The number of hydrogen-bond acceptors (Lipinski definition) is 24. The van der Waals surface area contributed by atoms with Crippen LogP contribution in [0.4, 0.5) is 10.3 Å². The molecule has 0 bridgehead atoms. The van der Waals surface area contributed by atoms with Crippen LogP contribution in [0.3, 0.4) is 0 Å². The number of nitrogens with one attached hydrogen (secondary N) is 1. The van der Waals surface area contributed by atoms with Crippen molar-refractivity contribution >= 4 is 108 Å². The SMILES string of the molecule is C.C1CCOC1.CC(=O)[O][Hg][O]C(C)=O.CC(C)(C)[Si](C)(C)OCCCO.CC(C)(C)[Si](C)(C)OCCCON.CC(C)(C)[Si](C)(C)OCCCON.CC(C)(C)[Si](C)(C)OCCCON1C(=O)c2ccccc2C1=O.Cc1nc(N)nc2c1C(=S)N[C@@H](c1ccc(F)cc1Br)C2.O=C1c2ccccc2C(=O)N1O. The number of anilines is 1. The van der Waals surface area contributed by atoms with Gasteiger partial charge in [0.25, 0.3) is 23.6 Å². The van der Waals surface area contributed by atoms with Crippen molar-refractivity contribution in [2.45, 2.75) is 235 Å². The van der Waals surface area contributed by atoms with Gasteiger partial charge >= 0.3 is 66.2 Å². The first kappa shape index (κ1) is 104. The van der Waals surface area contributed by atoms with E-state index in [9.17, 15) is 33.2 Å². The topological polar surface area (TPSA) is 358 Å². The average Bonchev–Trinajstić information content (AvgIpc) is 1.46.